The van der Waals surface area contributed by atoms with Crippen molar-refractivity contribution in [1.82, 2.24) is 15.1 Å². The van der Waals surface area contributed by atoms with Crippen molar-refractivity contribution in [3.8, 4) is 0 Å². The van der Waals surface area contributed by atoms with E-state index in [1.807, 2.05) is 21.0 Å². The Morgan fingerprint density at radius 3 is 2.63 bits per heavy atom. The van der Waals surface area contributed by atoms with Gasteiger partial charge in [0.15, 0.2) is 0 Å². The maximum atomic E-state index is 12.4. The molecule has 1 heterocycles. The summed E-state index contributed by atoms with van der Waals surface area (Å²) >= 11 is 0. The van der Waals surface area contributed by atoms with Crippen LogP contribution in [0.4, 0.5) is 0 Å². The third kappa shape index (κ3) is 3.93. The normalized spacial score (nSPS) is 27.1. The molecule has 0 bridgehead atoms. The highest BCUT2D eigenvalue weighted by Crippen LogP contribution is 2.20. The lowest BCUT2D eigenvalue weighted by Crippen LogP contribution is -2.52. The monoisotopic (exact) mass is 271 g/mol. The summed E-state index contributed by atoms with van der Waals surface area (Å²) in [6.45, 7) is 5.05. The summed E-state index contributed by atoms with van der Waals surface area (Å²) in [5.74, 6) is -0.307. The second kappa shape index (κ2) is 6.89. The minimum atomic E-state index is -0.579. The first-order chi connectivity index (χ1) is 9.29. The standard InChI is InChI=1S/C14H27N3O2/c1-6-12-8-7-9-17(12)14(19)10(2)15-13(18)11(3)16(4)5/h10-12H,6-9H2,1-5H3,(H,15,18)/t10-,11-,12-/m0/s1/i9T/t9-,10+,11+,12+/m1. The average molecular weight is 271 g/mol. The number of carbonyl (C=O) groups excluding carboxylic acids is 2. The van der Waals surface area contributed by atoms with Crippen LogP contribution in [0.2, 0.25) is 0 Å². The van der Waals surface area contributed by atoms with Crippen LogP contribution in [0, 0.1) is 0 Å². The molecule has 0 aliphatic carbocycles. The van der Waals surface area contributed by atoms with Gasteiger partial charge in [-0.3, -0.25) is 14.5 Å². The lowest BCUT2D eigenvalue weighted by Gasteiger charge is -2.28. The van der Waals surface area contributed by atoms with E-state index in [2.05, 4.69) is 5.32 Å². The summed E-state index contributed by atoms with van der Waals surface area (Å²) in [5.41, 5.74) is 0. The maximum Gasteiger partial charge on any atom is 0.245 e. The van der Waals surface area contributed by atoms with Crippen molar-refractivity contribution >= 4 is 11.8 Å². The molecule has 1 N–H and O–H groups in total. The minimum absolute atomic E-state index is 0.135. The van der Waals surface area contributed by atoms with Crippen LogP contribution >= 0.6 is 0 Å². The van der Waals surface area contributed by atoms with E-state index in [9.17, 15) is 9.59 Å². The van der Waals surface area contributed by atoms with Crippen LogP contribution in [-0.2, 0) is 9.59 Å². The van der Waals surface area contributed by atoms with Gasteiger partial charge in [0.25, 0.3) is 0 Å². The first-order valence-corrected chi connectivity index (χ1v) is 7.00. The molecule has 2 amide bonds. The topological polar surface area (TPSA) is 52.7 Å². The van der Waals surface area contributed by atoms with Gasteiger partial charge in [0, 0.05) is 13.9 Å². The molecular formula is C14H27N3O2. The lowest BCUT2D eigenvalue weighted by molar-refractivity contribution is -0.137. The van der Waals surface area contributed by atoms with E-state index in [1.165, 1.54) is 0 Å². The molecule has 19 heavy (non-hydrogen) atoms. The van der Waals surface area contributed by atoms with Crippen LogP contribution in [0.25, 0.3) is 0 Å². The van der Waals surface area contributed by atoms with Gasteiger partial charge in [-0.2, -0.15) is 0 Å². The molecule has 0 aromatic heterocycles. The molecule has 110 valence electrons. The Morgan fingerprint density at radius 2 is 2.11 bits per heavy atom. The Kier molecular flexibility index (Phi) is 5.19. The quantitative estimate of drug-likeness (QED) is 0.806. The summed E-state index contributed by atoms with van der Waals surface area (Å²) in [6.07, 6.45) is 2.46. The van der Waals surface area contributed by atoms with Crippen molar-refractivity contribution in [2.75, 3.05) is 20.6 Å². The Morgan fingerprint density at radius 1 is 1.47 bits per heavy atom. The van der Waals surface area contributed by atoms with Gasteiger partial charge in [0.05, 0.1) is 6.04 Å². The van der Waals surface area contributed by atoms with Gasteiger partial charge < -0.3 is 10.2 Å². The molecule has 1 rings (SSSR count). The number of hydrogen-bond acceptors (Lipinski definition) is 3. The van der Waals surface area contributed by atoms with Crippen molar-refractivity contribution in [3.05, 3.63) is 0 Å². The summed E-state index contributed by atoms with van der Waals surface area (Å²) in [6, 6.07) is -0.724. The average Bonchev–Trinajstić information content (AvgIpc) is 2.77. The van der Waals surface area contributed by atoms with Crippen molar-refractivity contribution in [1.29, 1.82) is 0 Å². The number of nitrogens with one attached hydrogen (secondary N) is 1. The fraction of sp³-hybridized carbons (Fsp3) is 0.857. The number of hydrogen-bond donors (Lipinski definition) is 1. The molecule has 1 saturated heterocycles. The fourth-order valence-electron chi connectivity index (χ4n) is 2.22. The van der Waals surface area contributed by atoms with Gasteiger partial charge in [0.2, 0.25) is 11.8 Å². The first kappa shape index (κ1) is 14.3. The zero-order chi connectivity index (χ0) is 15.4. The van der Waals surface area contributed by atoms with Crippen molar-refractivity contribution in [2.45, 2.75) is 58.2 Å². The molecule has 1 fully saturated rings. The predicted octanol–water partition coefficient (Wildman–Crippen LogP) is 0.842. The highest BCUT2D eigenvalue weighted by atomic mass is 16.2. The largest absolute Gasteiger partial charge is 0.343 e. The van der Waals surface area contributed by atoms with Gasteiger partial charge in [0.1, 0.15) is 6.04 Å². The second-order valence-electron chi connectivity index (χ2n) is 5.44. The van der Waals surface area contributed by atoms with E-state index in [4.69, 9.17) is 1.37 Å². The predicted molar refractivity (Wildman–Crippen MR) is 75.8 cm³/mol. The summed E-state index contributed by atoms with van der Waals surface area (Å²) in [4.78, 5) is 27.8. The minimum Gasteiger partial charge on any atom is -0.343 e. The van der Waals surface area contributed by atoms with Crippen molar-refractivity contribution in [3.63, 3.8) is 0 Å². The van der Waals surface area contributed by atoms with Gasteiger partial charge in [-0.1, -0.05) is 6.92 Å². The van der Waals surface area contributed by atoms with Crippen LogP contribution in [0.15, 0.2) is 0 Å². The molecule has 0 aromatic rings. The van der Waals surface area contributed by atoms with Crippen molar-refractivity contribution < 1.29 is 11.0 Å². The Labute approximate surface area is 117 Å². The third-order valence-electron chi connectivity index (χ3n) is 3.83. The van der Waals surface area contributed by atoms with Crippen LogP contribution in [0.1, 0.15) is 41.4 Å². The molecule has 0 radical (unpaired) electrons. The van der Waals surface area contributed by atoms with E-state index in [0.717, 1.165) is 19.3 Å². The van der Waals surface area contributed by atoms with Gasteiger partial charge in [-0.05, 0) is 47.2 Å². The fourth-order valence-corrected chi connectivity index (χ4v) is 2.22. The summed E-state index contributed by atoms with van der Waals surface area (Å²) < 4.78 is 7.97. The highest BCUT2D eigenvalue weighted by Gasteiger charge is 2.31. The molecule has 0 unspecified atom stereocenters. The Hall–Kier alpha value is -1.10. The molecular weight excluding hydrogens is 242 g/mol. The van der Waals surface area contributed by atoms with Gasteiger partial charge in [-0.15, -0.1) is 0 Å². The Balaban J connectivity index is 2.65. The Bertz CT molecular complexity index is 362. The number of likely N-dealkylation sites (N-methyl/N-ethyl adjacent to an activating group) is 1. The molecule has 4 atom stereocenters. The maximum absolute atomic E-state index is 12.4. The smallest absolute Gasteiger partial charge is 0.245 e. The first-order valence-electron chi connectivity index (χ1n) is 7.58. The lowest BCUT2D eigenvalue weighted by atomic mass is 10.1. The molecule has 0 aromatic carbocycles. The van der Waals surface area contributed by atoms with E-state index in [1.54, 1.807) is 23.6 Å². The number of carbonyl (C=O) groups is 2. The summed E-state index contributed by atoms with van der Waals surface area (Å²) in [7, 11) is 3.65. The number of likely N-dealkylation sites (tertiary alicyclic amines) is 1. The zero-order valence-electron chi connectivity index (χ0n) is 13.6. The third-order valence-corrected chi connectivity index (χ3v) is 3.83. The molecule has 0 saturated carbocycles. The zero-order valence-corrected chi connectivity index (χ0v) is 12.6. The molecule has 0 spiro atoms. The van der Waals surface area contributed by atoms with Crippen molar-refractivity contribution in [2.24, 2.45) is 0 Å². The van der Waals surface area contributed by atoms with E-state index >= 15 is 0 Å². The van der Waals surface area contributed by atoms with Crippen LogP contribution in [0.3, 0.4) is 0 Å². The molecule has 5 nitrogen and oxygen atoms in total. The number of amides is 2. The van der Waals surface area contributed by atoms with Crippen LogP contribution < -0.4 is 5.32 Å². The molecule has 5 heteroatoms. The highest BCUT2D eigenvalue weighted by molar-refractivity contribution is 5.89. The van der Waals surface area contributed by atoms with Crippen LogP contribution in [-0.4, -0.2) is 60.4 Å². The van der Waals surface area contributed by atoms with Gasteiger partial charge in [-0.25, -0.2) is 0 Å². The van der Waals surface area contributed by atoms with E-state index in [-0.39, 0.29) is 23.9 Å². The molecule has 1 aliphatic heterocycles. The van der Waals surface area contributed by atoms with Crippen LogP contribution in [0.5, 0.6) is 0 Å². The van der Waals surface area contributed by atoms with Gasteiger partial charge >= 0.3 is 0 Å². The second-order valence-corrected chi connectivity index (χ2v) is 5.44. The van der Waals surface area contributed by atoms with E-state index in [0.29, 0.717) is 0 Å². The SMILES string of the molecule is [3H][C@@H]1CC[C@H](CC)N1C(=O)[C@H](C)NC(=O)[C@H](C)N(C)C. The number of rotatable bonds is 5. The molecule has 1 aliphatic rings. The summed E-state index contributed by atoms with van der Waals surface area (Å²) in [5, 5.41) is 2.75. The van der Waals surface area contributed by atoms with E-state index < -0.39 is 12.6 Å². The number of nitrogens with zero attached hydrogens (tertiary/aromatic N) is 2.